The van der Waals surface area contributed by atoms with Gasteiger partial charge in [0.15, 0.2) is 0 Å². The molecule has 35 heavy (non-hydrogen) atoms. The molecule has 2 amide bonds. The van der Waals surface area contributed by atoms with Gasteiger partial charge in [-0.25, -0.2) is 8.42 Å². The molecule has 1 aliphatic heterocycles. The molecule has 1 atom stereocenters. The van der Waals surface area contributed by atoms with Gasteiger partial charge in [0, 0.05) is 30.0 Å². The lowest BCUT2D eigenvalue weighted by Crippen LogP contribution is -2.28. The van der Waals surface area contributed by atoms with Crippen molar-refractivity contribution in [1.82, 2.24) is 0 Å². The number of methoxy groups -OCH3 is 2. The van der Waals surface area contributed by atoms with Crippen LogP contribution in [0.15, 0.2) is 77.7 Å². The van der Waals surface area contributed by atoms with Crippen LogP contribution in [0.3, 0.4) is 0 Å². The number of carbonyl (C=O) groups excluding carboxylic acids is 2. The second kappa shape index (κ2) is 10.1. The molecule has 0 spiro atoms. The van der Waals surface area contributed by atoms with Gasteiger partial charge in [-0.3, -0.25) is 14.3 Å². The molecule has 1 unspecified atom stereocenters. The number of rotatable bonds is 8. The first-order valence-corrected chi connectivity index (χ1v) is 12.3. The van der Waals surface area contributed by atoms with Gasteiger partial charge in [-0.1, -0.05) is 0 Å². The molecular weight excluding hydrogens is 470 g/mol. The predicted octanol–water partition coefficient (Wildman–Crippen LogP) is 3.50. The maximum absolute atomic E-state index is 12.8. The minimum atomic E-state index is -3.81. The molecule has 3 aromatic carbocycles. The molecule has 10 heteroatoms. The Kier molecular flexibility index (Phi) is 6.92. The third kappa shape index (κ3) is 5.55. The van der Waals surface area contributed by atoms with Gasteiger partial charge in [-0.2, -0.15) is 0 Å². The van der Waals surface area contributed by atoms with Crippen LogP contribution in [0.4, 0.5) is 17.1 Å². The smallest absolute Gasteiger partial charge is 0.261 e. The lowest BCUT2D eigenvalue weighted by atomic mass is 10.1. The Morgan fingerprint density at radius 1 is 0.857 bits per heavy atom. The highest BCUT2D eigenvalue weighted by Gasteiger charge is 2.35. The number of amides is 2. The van der Waals surface area contributed by atoms with Crippen molar-refractivity contribution in [3.8, 4) is 11.5 Å². The number of sulfonamides is 1. The number of nitrogens with one attached hydrogen (secondary N) is 2. The summed E-state index contributed by atoms with van der Waals surface area (Å²) < 4.78 is 38.0. The van der Waals surface area contributed by atoms with Crippen molar-refractivity contribution in [1.29, 1.82) is 0 Å². The van der Waals surface area contributed by atoms with E-state index in [1.54, 1.807) is 60.5 Å². The van der Waals surface area contributed by atoms with Crippen LogP contribution in [0.5, 0.6) is 11.5 Å². The summed E-state index contributed by atoms with van der Waals surface area (Å²) in [4.78, 5) is 26.9. The molecule has 1 fully saturated rings. The van der Waals surface area contributed by atoms with Crippen LogP contribution in [0.2, 0.25) is 0 Å². The van der Waals surface area contributed by atoms with Crippen molar-refractivity contribution in [3.05, 3.63) is 72.8 Å². The quantitative estimate of drug-likeness (QED) is 0.495. The molecule has 0 aliphatic carbocycles. The van der Waals surface area contributed by atoms with Crippen molar-refractivity contribution < 1.29 is 27.5 Å². The summed E-state index contributed by atoms with van der Waals surface area (Å²) >= 11 is 0. The number of benzene rings is 3. The fourth-order valence-corrected chi connectivity index (χ4v) is 4.79. The summed E-state index contributed by atoms with van der Waals surface area (Å²) in [6.45, 7) is 0.259. The highest BCUT2D eigenvalue weighted by Crippen LogP contribution is 2.28. The van der Waals surface area contributed by atoms with E-state index in [0.29, 0.717) is 28.6 Å². The van der Waals surface area contributed by atoms with E-state index in [2.05, 4.69) is 10.0 Å². The molecule has 0 saturated carbocycles. The first-order chi connectivity index (χ1) is 16.8. The van der Waals surface area contributed by atoms with Gasteiger partial charge < -0.3 is 19.7 Å². The topological polar surface area (TPSA) is 114 Å². The van der Waals surface area contributed by atoms with E-state index in [-0.39, 0.29) is 29.7 Å². The van der Waals surface area contributed by atoms with Crippen molar-refractivity contribution in [3.63, 3.8) is 0 Å². The molecule has 0 bridgehead atoms. The number of hydrogen-bond acceptors (Lipinski definition) is 6. The molecule has 2 N–H and O–H groups in total. The Bertz CT molecular complexity index is 1310. The second-order valence-corrected chi connectivity index (χ2v) is 9.63. The highest BCUT2D eigenvalue weighted by molar-refractivity contribution is 7.92. The fourth-order valence-electron chi connectivity index (χ4n) is 3.73. The standard InChI is InChI=1S/C25H25N3O6S/c1-33-21-9-3-19(4-10-21)27-35(31,32)23-13-5-18(6-14-23)26-25(30)17-15-24(29)28(16-17)20-7-11-22(34-2)12-8-20/h3-14,17,27H,15-16H2,1-2H3,(H,26,30). The van der Waals surface area contributed by atoms with Crippen LogP contribution >= 0.6 is 0 Å². The monoisotopic (exact) mass is 495 g/mol. The minimum Gasteiger partial charge on any atom is -0.497 e. The normalized spacial score (nSPS) is 15.5. The van der Waals surface area contributed by atoms with Crippen LogP contribution in [0.25, 0.3) is 0 Å². The van der Waals surface area contributed by atoms with Crippen molar-refractivity contribution in [2.24, 2.45) is 5.92 Å². The van der Waals surface area contributed by atoms with Crippen LogP contribution in [0, 0.1) is 5.92 Å². The number of anilines is 3. The zero-order valence-electron chi connectivity index (χ0n) is 19.2. The zero-order chi connectivity index (χ0) is 25.0. The van der Waals surface area contributed by atoms with Crippen molar-refractivity contribution in [2.45, 2.75) is 11.3 Å². The molecule has 182 valence electrons. The van der Waals surface area contributed by atoms with E-state index in [0.717, 1.165) is 0 Å². The predicted molar refractivity (Wildman–Crippen MR) is 132 cm³/mol. The largest absolute Gasteiger partial charge is 0.497 e. The van der Waals surface area contributed by atoms with Gasteiger partial charge in [0.1, 0.15) is 11.5 Å². The molecule has 1 saturated heterocycles. The Balaban J connectivity index is 1.38. The number of nitrogens with zero attached hydrogens (tertiary/aromatic N) is 1. The number of ether oxygens (including phenoxy) is 2. The number of carbonyl (C=O) groups is 2. The van der Waals surface area contributed by atoms with Gasteiger partial charge in [-0.05, 0) is 72.8 Å². The van der Waals surface area contributed by atoms with E-state index in [4.69, 9.17) is 9.47 Å². The average Bonchev–Trinajstić information content (AvgIpc) is 3.26. The Hall–Kier alpha value is -4.05. The summed E-state index contributed by atoms with van der Waals surface area (Å²) in [5, 5.41) is 2.77. The summed E-state index contributed by atoms with van der Waals surface area (Å²) in [6, 6.07) is 19.4. The van der Waals surface area contributed by atoms with E-state index in [1.165, 1.54) is 31.4 Å². The molecular formula is C25H25N3O6S. The SMILES string of the molecule is COc1ccc(NS(=O)(=O)c2ccc(NC(=O)C3CC(=O)N(c4ccc(OC)cc4)C3)cc2)cc1. The number of hydrogen-bond donors (Lipinski definition) is 2. The molecule has 0 radical (unpaired) electrons. The maximum Gasteiger partial charge on any atom is 0.261 e. The van der Waals surface area contributed by atoms with Crippen molar-refractivity contribution in [2.75, 3.05) is 35.7 Å². The Labute approximate surface area is 203 Å². The second-order valence-electron chi connectivity index (χ2n) is 7.95. The summed E-state index contributed by atoms with van der Waals surface area (Å²) in [7, 11) is -0.714. The van der Waals surface area contributed by atoms with E-state index in [9.17, 15) is 18.0 Å². The van der Waals surface area contributed by atoms with E-state index in [1.807, 2.05) is 0 Å². The molecule has 0 aromatic heterocycles. The molecule has 1 heterocycles. The van der Waals surface area contributed by atoms with Crippen LogP contribution < -0.4 is 24.4 Å². The Morgan fingerprint density at radius 2 is 1.40 bits per heavy atom. The maximum atomic E-state index is 12.8. The minimum absolute atomic E-state index is 0.0491. The van der Waals surface area contributed by atoms with Crippen LogP contribution in [0.1, 0.15) is 6.42 Å². The first-order valence-electron chi connectivity index (χ1n) is 10.8. The van der Waals surface area contributed by atoms with Gasteiger partial charge in [0.25, 0.3) is 10.0 Å². The summed E-state index contributed by atoms with van der Waals surface area (Å²) in [6.07, 6.45) is 0.0934. The van der Waals surface area contributed by atoms with Gasteiger partial charge in [-0.15, -0.1) is 0 Å². The van der Waals surface area contributed by atoms with Crippen molar-refractivity contribution >= 4 is 38.9 Å². The zero-order valence-corrected chi connectivity index (χ0v) is 20.0. The van der Waals surface area contributed by atoms with Crippen LogP contribution in [-0.4, -0.2) is 41.0 Å². The third-order valence-corrected chi connectivity index (χ3v) is 7.05. The van der Waals surface area contributed by atoms with Gasteiger partial charge in [0.2, 0.25) is 11.8 Å². The summed E-state index contributed by atoms with van der Waals surface area (Å²) in [5.74, 6) is 0.330. The van der Waals surface area contributed by atoms with Gasteiger partial charge in [0.05, 0.1) is 25.0 Å². The molecule has 4 rings (SSSR count). The first kappa shape index (κ1) is 24.1. The highest BCUT2D eigenvalue weighted by atomic mass is 32.2. The van der Waals surface area contributed by atoms with Crippen LogP contribution in [-0.2, 0) is 19.6 Å². The lowest BCUT2D eigenvalue weighted by molar-refractivity contribution is -0.122. The third-order valence-electron chi connectivity index (χ3n) is 5.65. The lowest BCUT2D eigenvalue weighted by Gasteiger charge is -2.17. The van der Waals surface area contributed by atoms with Gasteiger partial charge >= 0.3 is 0 Å². The molecule has 1 aliphatic rings. The average molecular weight is 496 g/mol. The molecule has 3 aromatic rings. The van der Waals surface area contributed by atoms with E-state index < -0.39 is 15.9 Å². The van der Waals surface area contributed by atoms with E-state index >= 15 is 0 Å². The summed E-state index contributed by atoms with van der Waals surface area (Å²) in [5.41, 5.74) is 1.54. The molecule has 9 nitrogen and oxygen atoms in total. The fraction of sp³-hybridized carbons (Fsp3) is 0.200. The Morgan fingerprint density at radius 3 is 1.97 bits per heavy atom.